The molecule has 0 atom stereocenters. The number of benzene rings is 3. The summed E-state index contributed by atoms with van der Waals surface area (Å²) in [6.45, 7) is 1.57. The number of nitrogens with one attached hydrogen (secondary N) is 2. The molecule has 166 valence electrons. The Morgan fingerprint density at radius 3 is 2.42 bits per heavy atom. The lowest BCUT2D eigenvalue weighted by Crippen LogP contribution is -2.38. The van der Waals surface area contributed by atoms with Gasteiger partial charge in [0.1, 0.15) is 18.0 Å². The smallest absolute Gasteiger partial charge is 0.329 e. The highest BCUT2D eigenvalue weighted by Crippen LogP contribution is 2.25. The summed E-state index contributed by atoms with van der Waals surface area (Å²) in [5, 5.41) is 5.25. The average Bonchev–Trinajstić information content (AvgIpc) is 3.08. The fourth-order valence-corrected chi connectivity index (χ4v) is 3.47. The van der Waals surface area contributed by atoms with Gasteiger partial charge in [-0.1, -0.05) is 48.0 Å². The number of nitrogens with zero attached hydrogens (tertiary/aromatic N) is 1. The van der Waals surface area contributed by atoms with Crippen LogP contribution in [0.2, 0.25) is 0 Å². The highest BCUT2D eigenvalue weighted by Gasteiger charge is 2.34. The zero-order valence-corrected chi connectivity index (χ0v) is 18.3. The molecule has 1 heterocycles. The number of aryl methyl sites for hydroxylation is 1. The van der Waals surface area contributed by atoms with Gasteiger partial charge in [0.15, 0.2) is 0 Å². The molecule has 0 unspecified atom stereocenters. The molecule has 0 saturated carbocycles. The molecule has 0 aromatic heterocycles. The number of ether oxygens (including phenoxy) is 1. The summed E-state index contributed by atoms with van der Waals surface area (Å²) in [7, 11) is 1.61. The van der Waals surface area contributed by atoms with Gasteiger partial charge in [-0.2, -0.15) is 0 Å². The maximum absolute atomic E-state index is 12.8. The summed E-state index contributed by atoms with van der Waals surface area (Å²) >= 11 is 0. The van der Waals surface area contributed by atoms with Crippen LogP contribution in [0.5, 0.6) is 5.75 Å². The molecule has 33 heavy (non-hydrogen) atoms. The van der Waals surface area contributed by atoms with Gasteiger partial charge in [0.2, 0.25) is 5.91 Å². The molecule has 7 heteroatoms. The molecular weight excluding hydrogens is 418 g/mol. The van der Waals surface area contributed by atoms with Crippen molar-refractivity contribution in [3.8, 4) is 16.9 Å². The van der Waals surface area contributed by atoms with E-state index < -0.39 is 17.8 Å². The van der Waals surface area contributed by atoms with Gasteiger partial charge in [-0.25, -0.2) is 9.69 Å². The Hall–Kier alpha value is -4.39. The molecule has 1 fully saturated rings. The van der Waals surface area contributed by atoms with Crippen LogP contribution in [0, 0.1) is 6.92 Å². The molecule has 0 aliphatic carbocycles. The van der Waals surface area contributed by atoms with Crippen molar-refractivity contribution in [2.75, 3.05) is 19.0 Å². The zero-order valence-electron chi connectivity index (χ0n) is 18.3. The van der Waals surface area contributed by atoms with Crippen LogP contribution in [-0.4, -0.2) is 36.4 Å². The van der Waals surface area contributed by atoms with E-state index in [1.807, 2.05) is 67.6 Å². The van der Waals surface area contributed by atoms with Gasteiger partial charge in [0.25, 0.3) is 5.91 Å². The Morgan fingerprint density at radius 2 is 1.70 bits per heavy atom. The van der Waals surface area contributed by atoms with Crippen molar-refractivity contribution < 1.29 is 19.1 Å². The maximum Gasteiger partial charge on any atom is 0.329 e. The number of rotatable bonds is 6. The van der Waals surface area contributed by atoms with E-state index in [1.165, 1.54) is 0 Å². The molecule has 1 aliphatic rings. The third-order valence-electron chi connectivity index (χ3n) is 5.20. The van der Waals surface area contributed by atoms with Crippen molar-refractivity contribution in [1.29, 1.82) is 0 Å². The van der Waals surface area contributed by atoms with Crippen LogP contribution in [0.3, 0.4) is 0 Å². The van der Waals surface area contributed by atoms with E-state index in [-0.39, 0.29) is 12.2 Å². The minimum absolute atomic E-state index is 0.117. The third-order valence-corrected chi connectivity index (χ3v) is 5.20. The first-order valence-corrected chi connectivity index (χ1v) is 10.4. The second kappa shape index (κ2) is 9.40. The first kappa shape index (κ1) is 21.8. The Kier molecular flexibility index (Phi) is 6.22. The van der Waals surface area contributed by atoms with Crippen molar-refractivity contribution in [3.63, 3.8) is 0 Å². The molecule has 4 rings (SSSR count). The van der Waals surface area contributed by atoms with Crippen LogP contribution in [0.25, 0.3) is 17.2 Å². The summed E-state index contributed by atoms with van der Waals surface area (Å²) in [5.41, 5.74) is 4.42. The van der Waals surface area contributed by atoms with Gasteiger partial charge in [0, 0.05) is 5.69 Å². The molecule has 7 nitrogen and oxygen atoms in total. The van der Waals surface area contributed by atoms with Crippen molar-refractivity contribution in [1.82, 2.24) is 10.2 Å². The van der Waals surface area contributed by atoms with E-state index >= 15 is 0 Å². The molecule has 0 radical (unpaired) electrons. The fraction of sp³-hybridized carbons (Fsp3) is 0.115. The number of amides is 4. The van der Waals surface area contributed by atoms with E-state index in [0.717, 1.165) is 32.9 Å². The number of urea groups is 1. The summed E-state index contributed by atoms with van der Waals surface area (Å²) in [6, 6.07) is 21.8. The van der Waals surface area contributed by atoms with E-state index in [2.05, 4.69) is 10.6 Å². The molecule has 3 aromatic carbocycles. The van der Waals surface area contributed by atoms with Gasteiger partial charge in [-0.05, 0) is 60.0 Å². The average molecular weight is 441 g/mol. The highest BCUT2D eigenvalue weighted by atomic mass is 16.5. The molecular formula is C26H23N3O4. The number of hydrogen-bond donors (Lipinski definition) is 2. The minimum Gasteiger partial charge on any atom is -0.497 e. The number of carbonyl (C=O) groups is 3. The maximum atomic E-state index is 12.8. The Morgan fingerprint density at radius 1 is 1.00 bits per heavy atom. The van der Waals surface area contributed by atoms with Crippen LogP contribution in [0.1, 0.15) is 11.1 Å². The lowest BCUT2D eigenvalue weighted by molar-refractivity contribution is -0.127. The van der Waals surface area contributed by atoms with E-state index in [4.69, 9.17) is 4.74 Å². The first-order chi connectivity index (χ1) is 15.9. The van der Waals surface area contributed by atoms with Crippen LogP contribution in [0.15, 0.2) is 78.5 Å². The molecule has 2 N–H and O–H groups in total. The minimum atomic E-state index is -0.630. The number of hydrogen-bond acceptors (Lipinski definition) is 4. The number of imide groups is 1. The van der Waals surface area contributed by atoms with Gasteiger partial charge < -0.3 is 15.4 Å². The monoisotopic (exact) mass is 441 g/mol. The molecule has 1 aliphatic heterocycles. The van der Waals surface area contributed by atoms with Crippen LogP contribution in [0.4, 0.5) is 10.5 Å². The van der Waals surface area contributed by atoms with E-state index in [1.54, 1.807) is 25.3 Å². The van der Waals surface area contributed by atoms with Crippen LogP contribution >= 0.6 is 0 Å². The largest absolute Gasteiger partial charge is 0.497 e. The normalized spacial score (nSPS) is 14.4. The fourth-order valence-electron chi connectivity index (χ4n) is 3.47. The van der Waals surface area contributed by atoms with Gasteiger partial charge in [-0.15, -0.1) is 0 Å². The summed E-state index contributed by atoms with van der Waals surface area (Å²) < 4.78 is 5.28. The summed E-state index contributed by atoms with van der Waals surface area (Å²) in [4.78, 5) is 38.3. The highest BCUT2D eigenvalue weighted by molar-refractivity contribution is 6.16. The molecule has 0 spiro atoms. The van der Waals surface area contributed by atoms with Crippen molar-refractivity contribution in [2.24, 2.45) is 0 Å². The standard InChI is InChI=1S/C26H23N3O4/c1-17-9-11-21(12-10-17)27-24(30)16-29-25(31)23(28-26(29)32)14-18-5-3-6-19(13-18)20-7-4-8-22(15-20)33-2/h3-15H,16H2,1-2H3,(H,27,30)(H,28,32)/b23-14-. The SMILES string of the molecule is COc1cccc(-c2cccc(/C=C3\NC(=O)N(CC(=O)Nc4ccc(C)cc4)C3=O)c2)c1. The first-order valence-electron chi connectivity index (χ1n) is 10.4. The van der Waals surface area contributed by atoms with Crippen LogP contribution < -0.4 is 15.4 Å². The Balaban J connectivity index is 1.48. The Bertz CT molecular complexity index is 1250. The zero-order chi connectivity index (χ0) is 23.4. The third kappa shape index (κ3) is 5.10. The summed E-state index contributed by atoms with van der Waals surface area (Å²) in [5.74, 6) is -0.261. The topological polar surface area (TPSA) is 87.7 Å². The second-order valence-corrected chi connectivity index (χ2v) is 7.65. The van der Waals surface area contributed by atoms with Crippen LogP contribution in [-0.2, 0) is 9.59 Å². The van der Waals surface area contributed by atoms with Crippen molar-refractivity contribution in [3.05, 3.63) is 89.6 Å². The lowest BCUT2D eigenvalue weighted by Gasteiger charge is -2.12. The molecule has 3 aromatic rings. The predicted octanol–water partition coefficient (Wildman–Crippen LogP) is 4.20. The van der Waals surface area contributed by atoms with Crippen molar-refractivity contribution >= 4 is 29.6 Å². The van der Waals surface area contributed by atoms with E-state index in [9.17, 15) is 14.4 Å². The van der Waals surface area contributed by atoms with Gasteiger partial charge in [0.05, 0.1) is 7.11 Å². The number of methoxy groups -OCH3 is 1. The van der Waals surface area contributed by atoms with Crippen molar-refractivity contribution in [2.45, 2.75) is 6.92 Å². The summed E-state index contributed by atoms with van der Waals surface area (Å²) in [6.07, 6.45) is 1.60. The van der Waals surface area contributed by atoms with Gasteiger partial charge >= 0.3 is 6.03 Å². The van der Waals surface area contributed by atoms with Gasteiger partial charge in [-0.3, -0.25) is 9.59 Å². The van der Waals surface area contributed by atoms with E-state index in [0.29, 0.717) is 5.69 Å². The number of anilines is 1. The molecule has 0 bridgehead atoms. The molecule has 4 amide bonds. The quantitative estimate of drug-likeness (QED) is 0.443. The molecule has 1 saturated heterocycles. The number of carbonyl (C=O) groups excluding carboxylic acids is 3. The lowest BCUT2D eigenvalue weighted by atomic mass is 10.0. The second-order valence-electron chi connectivity index (χ2n) is 7.65. The predicted molar refractivity (Wildman–Crippen MR) is 126 cm³/mol. The Labute approximate surface area is 191 Å².